The Bertz CT molecular complexity index is 2930. The summed E-state index contributed by atoms with van der Waals surface area (Å²) >= 11 is 0. The van der Waals surface area contributed by atoms with E-state index in [0.29, 0.717) is 5.95 Å². The Morgan fingerprint density at radius 1 is 0.404 bits per heavy atom. The molecule has 10 aromatic rings. The van der Waals surface area contributed by atoms with Crippen molar-refractivity contribution in [2.45, 2.75) is 13.5 Å². The van der Waals surface area contributed by atoms with Gasteiger partial charge in [0.1, 0.15) is 0 Å². The van der Waals surface area contributed by atoms with Gasteiger partial charge in [-0.25, -0.2) is 9.97 Å². The molecule has 0 aliphatic rings. The van der Waals surface area contributed by atoms with Crippen LogP contribution in [0.5, 0.6) is 0 Å². The SMILES string of the molecule is CCn1c2ccccc2c2cc(-c3ccc4c(c3)c3ccccc3n4-c3nccc(-c4cccc(-c5ccc(-c6ccccc6)cc5)c4)n3)ccc21. The first-order chi connectivity index (χ1) is 25.7. The molecule has 3 aromatic heterocycles. The van der Waals surface area contributed by atoms with E-state index in [1.165, 1.54) is 60.4 Å². The molecule has 4 heteroatoms. The summed E-state index contributed by atoms with van der Waals surface area (Å²) in [6.07, 6.45) is 1.87. The molecule has 3 heterocycles. The normalized spacial score (nSPS) is 11.6. The van der Waals surface area contributed by atoms with Crippen LogP contribution in [0.4, 0.5) is 0 Å². The van der Waals surface area contributed by atoms with E-state index in [1.54, 1.807) is 0 Å². The summed E-state index contributed by atoms with van der Waals surface area (Å²) < 4.78 is 4.60. The summed E-state index contributed by atoms with van der Waals surface area (Å²) in [6.45, 7) is 3.15. The van der Waals surface area contributed by atoms with Crippen LogP contribution in [0.2, 0.25) is 0 Å². The van der Waals surface area contributed by atoms with Gasteiger partial charge < -0.3 is 4.57 Å². The van der Waals surface area contributed by atoms with Crippen molar-refractivity contribution in [2.75, 3.05) is 0 Å². The third kappa shape index (κ3) is 4.91. The van der Waals surface area contributed by atoms with Crippen LogP contribution in [0.3, 0.4) is 0 Å². The van der Waals surface area contributed by atoms with Crippen LogP contribution in [0, 0.1) is 0 Å². The van der Waals surface area contributed by atoms with Gasteiger partial charge in [0.05, 0.1) is 16.7 Å². The van der Waals surface area contributed by atoms with Gasteiger partial charge in [0, 0.05) is 50.9 Å². The smallest absolute Gasteiger partial charge is 0.235 e. The summed E-state index contributed by atoms with van der Waals surface area (Å²) in [5.74, 6) is 0.655. The summed E-state index contributed by atoms with van der Waals surface area (Å²) in [6, 6.07) is 60.8. The maximum Gasteiger partial charge on any atom is 0.235 e. The van der Waals surface area contributed by atoms with E-state index >= 15 is 0 Å². The number of fused-ring (bicyclic) bond motifs is 6. The largest absolute Gasteiger partial charge is 0.341 e. The van der Waals surface area contributed by atoms with Gasteiger partial charge in [0.2, 0.25) is 5.95 Å². The molecule has 0 aliphatic carbocycles. The van der Waals surface area contributed by atoms with Gasteiger partial charge in [-0.2, -0.15) is 0 Å². The highest BCUT2D eigenvalue weighted by Crippen LogP contribution is 2.37. The van der Waals surface area contributed by atoms with Gasteiger partial charge in [-0.1, -0.05) is 121 Å². The number of rotatable bonds is 6. The van der Waals surface area contributed by atoms with Crippen LogP contribution < -0.4 is 0 Å². The van der Waals surface area contributed by atoms with E-state index in [2.05, 4.69) is 174 Å². The monoisotopic (exact) mass is 666 g/mol. The van der Waals surface area contributed by atoms with Gasteiger partial charge in [-0.15, -0.1) is 0 Å². The Kier molecular flexibility index (Phi) is 7.07. The van der Waals surface area contributed by atoms with Crippen molar-refractivity contribution in [1.29, 1.82) is 0 Å². The van der Waals surface area contributed by atoms with Crippen molar-refractivity contribution in [3.63, 3.8) is 0 Å². The van der Waals surface area contributed by atoms with Crippen LogP contribution >= 0.6 is 0 Å². The van der Waals surface area contributed by atoms with Gasteiger partial charge >= 0.3 is 0 Å². The molecule has 0 N–H and O–H groups in total. The molecule has 0 aliphatic heterocycles. The minimum atomic E-state index is 0.655. The molecule has 0 bridgehead atoms. The number of para-hydroxylation sites is 2. The molecule has 52 heavy (non-hydrogen) atoms. The van der Waals surface area contributed by atoms with E-state index < -0.39 is 0 Å². The molecule has 0 spiro atoms. The molecule has 0 saturated heterocycles. The van der Waals surface area contributed by atoms with E-state index in [9.17, 15) is 0 Å². The van der Waals surface area contributed by atoms with Gasteiger partial charge in [0.15, 0.2) is 0 Å². The van der Waals surface area contributed by atoms with E-state index in [0.717, 1.165) is 34.4 Å². The third-order valence-electron chi connectivity index (χ3n) is 10.4. The second-order valence-electron chi connectivity index (χ2n) is 13.3. The lowest BCUT2D eigenvalue weighted by atomic mass is 9.98. The number of aryl methyl sites for hydroxylation is 1. The zero-order valence-electron chi connectivity index (χ0n) is 28.7. The number of aromatic nitrogens is 4. The molecule has 0 saturated carbocycles. The van der Waals surface area contributed by atoms with Crippen LogP contribution in [0.1, 0.15) is 6.92 Å². The Hall–Kier alpha value is -6.78. The fourth-order valence-corrected chi connectivity index (χ4v) is 7.90. The Balaban J connectivity index is 1.04. The highest BCUT2D eigenvalue weighted by molar-refractivity contribution is 6.12. The van der Waals surface area contributed by atoms with Crippen LogP contribution in [0.15, 0.2) is 176 Å². The van der Waals surface area contributed by atoms with E-state index in [4.69, 9.17) is 9.97 Å². The van der Waals surface area contributed by atoms with Crippen molar-refractivity contribution < 1.29 is 0 Å². The molecular weight excluding hydrogens is 633 g/mol. The summed E-state index contributed by atoms with van der Waals surface area (Å²) in [7, 11) is 0. The van der Waals surface area contributed by atoms with Gasteiger partial charge in [0.25, 0.3) is 0 Å². The quantitative estimate of drug-likeness (QED) is 0.177. The highest BCUT2D eigenvalue weighted by Gasteiger charge is 2.17. The standard InChI is InChI=1S/C48H34N4/c1-2-51-44-17-8-6-15-39(44)41-30-36(23-25-45(41)51)37-24-26-47-42(31-37)40-16-7-9-18-46(40)52(47)48-49-28-27-43(50-48)38-14-10-13-35(29-38)34-21-19-33(20-22-34)32-11-4-3-5-12-32/h3-31H,2H2,1H3. The zero-order chi connectivity index (χ0) is 34.6. The van der Waals surface area contributed by atoms with Crippen molar-refractivity contribution in [3.8, 4) is 50.6 Å². The predicted molar refractivity (Wildman–Crippen MR) is 217 cm³/mol. The van der Waals surface area contributed by atoms with Crippen molar-refractivity contribution in [2.24, 2.45) is 0 Å². The average Bonchev–Trinajstić information content (AvgIpc) is 3.73. The number of benzene rings is 7. The molecule has 0 fully saturated rings. The summed E-state index contributed by atoms with van der Waals surface area (Å²) in [5.41, 5.74) is 13.8. The van der Waals surface area contributed by atoms with Crippen molar-refractivity contribution in [1.82, 2.24) is 19.1 Å². The molecule has 0 atom stereocenters. The lowest BCUT2D eigenvalue weighted by Gasteiger charge is -2.10. The molecule has 0 unspecified atom stereocenters. The fourth-order valence-electron chi connectivity index (χ4n) is 7.90. The lowest BCUT2D eigenvalue weighted by Crippen LogP contribution is -2.01. The number of hydrogen-bond acceptors (Lipinski definition) is 2. The third-order valence-corrected chi connectivity index (χ3v) is 10.4. The molecule has 4 nitrogen and oxygen atoms in total. The molecule has 0 amide bonds. The second kappa shape index (κ2) is 12.2. The Labute approximate surface area is 301 Å². The average molecular weight is 667 g/mol. The molecule has 10 rings (SSSR count). The molecular formula is C48H34N4. The van der Waals surface area contributed by atoms with E-state index in [1.807, 2.05) is 18.3 Å². The predicted octanol–water partition coefficient (Wildman–Crippen LogP) is 12.4. The molecule has 246 valence electrons. The lowest BCUT2D eigenvalue weighted by molar-refractivity contribution is 0.827. The first-order valence-corrected chi connectivity index (χ1v) is 17.9. The van der Waals surface area contributed by atoms with Crippen LogP contribution in [0.25, 0.3) is 94.2 Å². The highest BCUT2D eigenvalue weighted by atomic mass is 15.2. The first kappa shape index (κ1) is 30.1. The number of hydrogen-bond donors (Lipinski definition) is 0. The Morgan fingerprint density at radius 3 is 1.65 bits per heavy atom. The maximum absolute atomic E-state index is 5.18. The minimum absolute atomic E-state index is 0.655. The topological polar surface area (TPSA) is 35.6 Å². The van der Waals surface area contributed by atoms with Gasteiger partial charge in [-0.3, -0.25) is 4.57 Å². The minimum Gasteiger partial charge on any atom is -0.341 e. The van der Waals surface area contributed by atoms with Crippen LogP contribution in [-0.4, -0.2) is 19.1 Å². The zero-order valence-corrected chi connectivity index (χ0v) is 28.7. The first-order valence-electron chi connectivity index (χ1n) is 17.9. The second-order valence-corrected chi connectivity index (χ2v) is 13.3. The molecule has 7 aromatic carbocycles. The number of nitrogens with zero attached hydrogens (tertiary/aromatic N) is 4. The Morgan fingerprint density at radius 2 is 0.904 bits per heavy atom. The summed E-state index contributed by atoms with van der Waals surface area (Å²) in [4.78, 5) is 10.0. The van der Waals surface area contributed by atoms with Crippen molar-refractivity contribution >= 4 is 43.6 Å². The fraction of sp³-hybridized carbons (Fsp3) is 0.0417. The van der Waals surface area contributed by atoms with Gasteiger partial charge in [-0.05, 0) is 88.8 Å². The maximum atomic E-state index is 5.18. The van der Waals surface area contributed by atoms with Crippen LogP contribution in [-0.2, 0) is 6.54 Å². The van der Waals surface area contributed by atoms with E-state index in [-0.39, 0.29) is 0 Å². The molecule has 0 radical (unpaired) electrons. The van der Waals surface area contributed by atoms with Crippen molar-refractivity contribution in [3.05, 3.63) is 176 Å². The summed E-state index contributed by atoms with van der Waals surface area (Å²) in [5, 5.41) is 4.94.